The summed E-state index contributed by atoms with van der Waals surface area (Å²) >= 11 is 0. The van der Waals surface area contributed by atoms with E-state index in [9.17, 15) is 18.7 Å². The largest absolute Gasteiger partial charge is 0.493 e. The van der Waals surface area contributed by atoms with Crippen LogP contribution in [0.1, 0.15) is 25.7 Å². The maximum Gasteiger partial charge on any atom is 0.246 e. The maximum atomic E-state index is 13.9. The Morgan fingerprint density at radius 2 is 2.07 bits per heavy atom. The highest BCUT2D eigenvalue weighted by atomic mass is 19.2. The highest BCUT2D eigenvalue weighted by molar-refractivity contribution is 5.93. The van der Waals surface area contributed by atoms with E-state index in [0.29, 0.717) is 47.1 Å². The fraction of sp³-hybridized carbons (Fsp3) is 0.357. The van der Waals surface area contributed by atoms with Gasteiger partial charge in [-0.05, 0) is 43.9 Å². The van der Waals surface area contributed by atoms with Gasteiger partial charge in [0.25, 0.3) is 0 Å². The first-order chi connectivity index (χ1) is 19.9. The summed E-state index contributed by atoms with van der Waals surface area (Å²) in [5.41, 5.74) is 0.934. The van der Waals surface area contributed by atoms with Crippen molar-refractivity contribution in [2.75, 3.05) is 30.9 Å². The second kappa shape index (κ2) is 12.9. The molecule has 1 fully saturated rings. The quantitative estimate of drug-likeness (QED) is 0.200. The summed E-state index contributed by atoms with van der Waals surface area (Å²) in [7, 11) is 1.55. The van der Waals surface area contributed by atoms with Crippen LogP contribution in [-0.4, -0.2) is 63.2 Å². The molecular formula is C28H31F2N7O4. The van der Waals surface area contributed by atoms with Gasteiger partial charge in [-0.2, -0.15) is 5.10 Å². The molecule has 0 bridgehead atoms. The molecule has 5 rings (SSSR count). The third-order valence-electron chi connectivity index (χ3n) is 6.79. The lowest BCUT2D eigenvalue weighted by Crippen LogP contribution is -2.38. The van der Waals surface area contributed by atoms with Gasteiger partial charge in [-0.1, -0.05) is 6.07 Å². The summed E-state index contributed by atoms with van der Waals surface area (Å²) < 4.78 is 40.2. The zero-order valence-electron chi connectivity index (χ0n) is 22.4. The van der Waals surface area contributed by atoms with E-state index in [2.05, 4.69) is 31.0 Å². The van der Waals surface area contributed by atoms with Crippen molar-refractivity contribution < 1.29 is 28.2 Å². The lowest BCUT2D eigenvalue weighted by molar-refractivity contribution is -0.116. The highest BCUT2D eigenvalue weighted by Gasteiger charge is 2.19. The van der Waals surface area contributed by atoms with Gasteiger partial charge >= 0.3 is 0 Å². The van der Waals surface area contributed by atoms with Gasteiger partial charge in [0, 0.05) is 30.2 Å². The number of anilines is 3. The first-order valence-electron chi connectivity index (χ1n) is 13.3. The molecule has 0 aliphatic heterocycles. The van der Waals surface area contributed by atoms with E-state index in [4.69, 9.17) is 9.47 Å². The van der Waals surface area contributed by atoms with E-state index in [1.807, 2.05) is 0 Å². The minimum atomic E-state index is -1.12. The minimum absolute atomic E-state index is 0.215. The Labute approximate surface area is 234 Å². The maximum absolute atomic E-state index is 13.9. The summed E-state index contributed by atoms with van der Waals surface area (Å²) in [6, 6.07) is 7.41. The molecule has 4 aromatic rings. The second-order valence-corrected chi connectivity index (χ2v) is 9.76. The molecule has 2 aromatic heterocycles. The molecule has 2 unspecified atom stereocenters. The smallest absolute Gasteiger partial charge is 0.246 e. The van der Waals surface area contributed by atoms with Gasteiger partial charge in [0.2, 0.25) is 5.91 Å². The molecule has 1 amide bonds. The van der Waals surface area contributed by atoms with Gasteiger partial charge in [0.1, 0.15) is 25.3 Å². The molecule has 41 heavy (non-hydrogen) atoms. The number of hydrogen-bond acceptors (Lipinski definition) is 9. The molecule has 0 spiro atoms. The van der Waals surface area contributed by atoms with E-state index in [1.54, 1.807) is 25.4 Å². The Hall–Kier alpha value is -4.36. The minimum Gasteiger partial charge on any atom is -0.493 e. The van der Waals surface area contributed by atoms with Gasteiger partial charge < -0.3 is 30.5 Å². The summed E-state index contributed by atoms with van der Waals surface area (Å²) in [5, 5.41) is 23.6. The molecule has 0 radical (unpaired) electrons. The molecule has 216 valence electrons. The first kappa shape index (κ1) is 28.2. The first-order valence-corrected chi connectivity index (χ1v) is 13.3. The van der Waals surface area contributed by atoms with Crippen LogP contribution in [0.5, 0.6) is 11.5 Å². The van der Waals surface area contributed by atoms with Crippen molar-refractivity contribution in [3.63, 3.8) is 0 Å². The van der Waals surface area contributed by atoms with Gasteiger partial charge in [-0.25, -0.2) is 18.7 Å². The monoisotopic (exact) mass is 567 g/mol. The van der Waals surface area contributed by atoms with Crippen molar-refractivity contribution in [1.29, 1.82) is 0 Å². The lowest BCUT2D eigenvalue weighted by atomic mass is 9.93. The standard InChI is InChI=1S/C28H31F2N7O4/c1-40-24-11-20-23(12-25(24)41-9-8-31-17-4-2-5-19(38)10-17)32-16-33-28(20)35-18-13-34-37(14-18)15-26(39)36-22-7-3-6-21(29)27(22)30/h3,6-7,11-14,16-17,19,31,38H,2,4-5,8-10,15H2,1H3,(H,36,39)(H,32,33,35). The number of aliphatic hydroxyl groups excluding tert-OH is 1. The third-order valence-corrected chi connectivity index (χ3v) is 6.79. The number of amides is 1. The predicted octanol–water partition coefficient (Wildman–Crippen LogP) is 3.77. The Bertz CT molecular complexity index is 1520. The van der Waals surface area contributed by atoms with Gasteiger partial charge in [-0.3, -0.25) is 9.48 Å². The van der Waals surface area contributed by atoms with Gasteiger partial charge in [0.05, 0.1) is 36.3 Å². The summed E-state index contributed by atoms with van der Waals surface area (Å²) in [6.07, 6.45) is 7.96. The van der Waals surface area contributed by atoms with Gasteiger partial charge in [-0.15, -0.1) is 0 Å². The topological polar surface area (TPSA) is 135 Å². The zero-order chi connectivity index (χ0) is 28.8. The van der Waals surface area contributed by atoms with Gasteiger partial charge in [0.15, 0.2) is 23.1 Å². The number of aliphatic hydroxyl groups is 1. The van der Waals surface area contributed by atoms with E-state index < -0.39 is 17.5 Å². The molecule has 2 aromatic carbocycles. The number of carbonyl (C=O) groups excluding carboxylic acids is 1. The Balaban J connectivity index is 1.22. The number of nitrogens with one attached hydrogen (secondary N) is 3. The van der Waals surface area contributed by atoms with Crippen LogP contribution in [0.4, 0.5) is 26.0 Å². The number of nitrogens with zero attached hydrogens (tertiary/aromatic N) is 4. The molecule has 2 heterocycles. The van der Waals surface area contributed by atoms with Crippen molar-refractivity contribution in [2.24, 2.45) is 0 Å². The average molecular weight is 568 g/mol. The van der Waals surface area contributed by atoms with Crippen LogP contribution in [0.3, 0.4) is 0 Å². The van der Waals surface area contributed by atoms with Crippen LogP contribution in [0.25, 0.3) is 10.9 Å². The molecule has 13 heteroatoms. The van der Waals surface area contributed by atoms with E-state index in [-0.39, 0.29) is 24.4 Å². The molecule has 0 saturated heterocycles. The molecule has 1 saturated carbocycles. The number of methoxy groups -OCH3 is 1. The second-order valence-electron chi connectivity index (χ2n) is 9.76. The Kier molecular flexibility index (Phi) is 8.85. The van der Waals surface area contributed by atoms with E-state index in [0.717, 1.165) is 31.7 Å². The summed E-state index contributed by atoms with van der Waals surface area (Å²) in [6.45, 7) is 0.838. The molecule has 1 aliphatic carbocycles. The highest BCUT2D eigenvalue weighted by Crippen LogP contribution is 2.34. The molecule has 2 atom stereocenters. The van der Waals surface area contributed by atoms with Crippen molar-refractivity contribution in [3.05, 3.63) is 60.7 Å². The normalized spacial score (nSPS) is 16.9. The van der Waals surface area contributed by atoms with Crippen LogP contribution < -0.4 is 25.4 Å². The van der Waals surface area contributed by atoms with Crippen LogP contribution in [0.15, 0.2) is 49.1 Å². The number of ether oxygens (including phenoxy) is 2. The lowest BCUT2D eigenvalue weighted by Gasteiger charge is -2.26. The molecular weight excluding hydrogens is 536 g/mol. The number of hydrogen-bond donors (Lipinski definition) is 4. The van der Waals surface area contributed by atoms with Crippen LogP contribution in [-0.2, 0) is 11.3 Å². The van der Waals surface area contributed by atoms with Crippen molar-refractivity contribution in [1.82, 2.24) is 25.1 Å². The van der Waals surface area contributed by atoms with Crippen LogP contribution in [0, 0.1) is 11.6 Å². The summed E-state index contributed by atoms with van der Waals surface area (Å²) in [5.74, 6) is -1.19. The molecule has 11 nitrogen and oxygen atoms in total. The number of carbonyl (C=O) groups is 1. The average Bonchev–Trinajstić information content (AvgIpc) is 3.39. The number of halogens is 2. The molecule has 1 aliphatic rings. The number of aromatic nitrogens is 4. The third kappa shape index (κ3) is 7.05. The summed E-state index contributed by atoms with van der Waals surface area (Å²) in [4.78, 5) is 21.0. The SMILES string of the molecule is COc1cc2c(Nc3cnn(CC(=O)Nc4cccc(F)c4F)c3)ncnc2cc1OCCNC1CCCC(O)C1. The van der Waals surface area contributed by atoms with E-state index >= 15 is 0 Å². The number of benzene rings is 2. The Morgan fingerprint density at radius 3 is 2.90 bits per heavy atom. The fourth-order valence-electron chi connectivity index (χ4n) is 4.80. The zero-order valence-corrected chi connectivity index (χ0v) is 22.4. The van der Waals surface area contributed by atoms with Crippen molar-refractivity contribution in [3.8, 4) is 11.5 Å². The van der Waals surface area contributed by atoms with Crippen LogP contribution >= 0.6 is 0 Å². The Morgan fingerprint density at radius 1 is 1.20 bits per heavy atom. The number of rotatable bonds is 11. The van der Waals surface area contributed by atoms with Crippen molar-refractivity contribution in [2.45, 2.75) is 44.4 Å². The number of fused-ring (bicyclic) bond motifs is 1. The predicted molar refractivity (Wildman–Crippen MR) is 148 cm³/mol. The van der Waals surface area contributed by atoms with E-state index in [1.165, 1.54) is 29.3 Å². The van der Waals surface area contributed by atoms with Crippen molar-refractivity contribution >= 4 is 34.0 Å². The van der Waals surface area contributed by atoms with Crippen LogP contribution in [0.2, 0.25) is 0 Å². The fourth-order valence-corrected chi connectivity index (χ4v) is 4.80. The molecule has 4 N–H and O–H groups in total.